The van der Waals surface area contributed by atoms with Crippen molar-refractivity contribution in [3.8, 4) is 5.88 Å². The third-order valence-corrected chi connectivity index (χ3v) is 4.66. The number of rotatable bonds is 4. The van der Waals surface area contributed by atoms with Crippen LogP contribution in [0.2, 0.25) is 0 Å². The molecule has 0 radical (unpaired) electrons. The maximum atomic E-state index is 10.9. The van der Waals surface area contributed by atoms with Crippen molar-refractivity contribution in [2.24, 2.45) is 0 Å². The summed E-state index contributed by atoms with van der Waals surface area (Å²) in [6.45, 7) is 1.66. The first-order valence-corrected chi connectivity index (χ1v) is 7.39. The van der Waals surface area contributed by atoms with E-state index >= 15 is 0 Å². The fourth-order valence-electron chi connectivity index (χ4n) is 1.22. The highest BCUT2D eigenvalue weighted by molar-refractivity contribution is 9.10. The molecular weight excluding hydrogens is 354 g/mol. The second-order valence-corrected chi connectivity index (χ2v) is 6.38. The number of hydrogen-bond donors (Lipinski definition) is 1. The number of hydrogen-bond acceptors (Lipinski definition) is 7. The summed E-state index contributed by atoms with van der Waals surface area (Å²) in [7, 11) is 1.51. The zero-order valence-corrected chi connectivity index (χ0v) is 13.1. The minimum Gasteiger partial charge on any atom is -0.480 e. The first-order valence-electron chi connectivity index (χ1n) is 4.96. The zero-order chi connectivity index (χ0) is 14.0. The summed E-state index contributed by atoms with van der Waals surface area (Å²) in [6.07, 6.45) is 1.58. The van der Waals surface area contributed by atoms with Crippen molar-refractivity contribution in [2.75, 3.05) is 7.11 Å². The van der Waals surface area contributed by atoms with Crippen LogP contribution in [0.1, 0.15) is 15.4 Å². The first-order chi connectivity index (χ1) is 9.01. The Labute approximate surface area is 125 Å². The molecule has 0 saturated heterocycles. The van der Waals surface area contributed by atoms with Gasteiger partial charge < -0.3 is 9.84 Å². The number of methoxy groups -OCH3 is 1. The van der Waals surface area contributed by atoms with Crippen LogP contribution in [0.25, 0.3) is 0 Å². The molecule has 0 saturated carbocycles. The molecule has 2 rings (SSSR count). The molecule has 2 aromatic rings. The number of aromatic carboxylic acids is 1. The molecule has 0 atom stereocenters. The molecule has 0 aliphatic rings. The van der Waals surface area contributed by atoms with Crippen LogP contribution in [-0.2, 0) is 0 Å². The van der Waals surface area contributed by atoms with E-state index in [0.29, 0.717) is 25.5 Å². The van der Waals surface area contributed by atoms with Crippen molar-refractivity contribution in [3.05, 3.63) is 21.2 Å². The van der Waals surface area contributed by atoms with E-state index in [0.717, 1.165) is 11.3 Å². The molecule has 0 bridgehead atoms. The van der Waals surface area contributed by atoms with Crippen molar-refractivity contribution >= 4 is 45.0 Å². The molecule has 2 aromatic heterocycles. The summed E-state index contributed by atoms with van der Waals surface area (Å²) in [5, 5.41) is 9.42. The molecular formula is C10H8BrN3O3S2. The molecule has 9 heteroatoms. The van der Waals surface area contributed by atoms with E-state index in [1.165, 1.54) is 18.9 Å². The van der Waals surface area contributed by atoms with Crippen molar-refractivity contribution in [3.63, 3.8) is 0 Å². The molecule has 0 fully saturated rings. The maximum Gasteiger partial charge on any atom is 0.347 e. The summed E-state index contributed by atoms with van der Waals surface area (Å²) in [4.78, 5) is 23.6. The molecule has 19 heavy (non-hydrogen) atoms. The van der Waals surface area contributed by atoms with E-state index in [-0.39, 0.29) is 4.88 Å². The summed E-state index contributed by atoms with van der Waals surface area (Å²) >= 11 is 5.56. The van der Waals surface area contributed by atoms with Crippen LogP contribution in [0.5, 0.6) is 5.88 Å². The Morgan fingerprint density at radius 3 is 2.84 bits per heavy atom. The molecule has 0 unspecified atom stereocenters. The Morgan fingerprint density at radius 1 is 1.53 bits per heavy atom. The van der Waals surface area contributed by atoms with Crippen molar-refractivity contribution in [1.82, 2.24) is 15.0 Å². The lowest BCUT2D eigenvalue weighted by Crippen LogP contribution is -1.94. The molecule has 0 spiro atoms. The Morgan fingerprint density at radius 2 is 2.26 bits per heavy atom. The average Bonchev–Trinajstić information content (AvgIpc) is 2.73. The van der Waals surface area contributed by atoms with Gasteiger partial charge in [-0.1, -0.05) is 11.3 Å². The van der Waals surface area contributed by atoms with Crippen LogP contribution in [0.4, 0.5) is 0 Å². The Kier molecular flexibility index (Phi) is 4.38. The van der Waals surface area contributed by atoms with Crippen molar-refractivity contribution in [1.29, 1.82) is 0 Å². The molecule has 0 amide bonds. The van der Waals surface area contributed by atoms with Gasteiger partial charge in [0, 0.05) is 6.20 Å². The summed E-state index contributed by atoms with van der Waals surface area (Å²) in [6, 6.07) is 0. The van der Waals surface area contributed by atoms with Crippen molar-refractivity contribution < 1.29 is 14.6 Å². The minimum absolute atomic E-state index is 0.228. The molecule has 0 aliphatic carbocycles. The van der Waals surface area contributed by atoms with Gasteiger partial charge >= 0.3 is 5.97 Å². The lowest BCUT2D eigenvalue weighted by molar-refractivity contribution is 0.0701. The average molecular weight is 362 g/mol. The second-order valence-electron chi connectivity index (χ2n) is 3.31. The Hall–Kier alpha value is -1.19. The van der Waals surface area contributed by atoms with Gasteiger partial charge in [0.25, 0.3) is 0 Å². The highest BCUT2D eigenvalue weighted by Gasteiger charge is 2.16. The lowest BCUT2D eigenvalue weighted by Gasteiger charge is -2.02. The fourth-order valence-corrected chi connectivity index (χ4v) is 3.42. The number of aryl methyl sites for hydroxylation is 1. The summed E-state index contributed by atoms with van der Waals surface area (Å²) in [5.74, 6) is -0.555. The number of carboxylic acid groups (broad SMARTS) is 1. The van der Waals surface area contributed by atoms with Gasteiger partial charge in [-0.25, -0.2) is 14.8 Å². The monoisotopic (exact) mass is 361 g/mol. The highest BCUT2D eigenvalue weighted by Crippen LogP contribution is 2.32. The van der Waals surface area contributed by atoms with E-state index in [1.54, 1.807) is 13.1 Å². The van der Waals surface area contributed by atoms with Crippen LogP contribution in [0.3, 0.4) is 0 Å². The van der Waals surface area contributed by atoms with Crippen LogP contribution >= 0.6 is 39.0 Å². The number of nitrogens with zero attached hydrogens (tertiary/aromatic N) is 3. The number of carboxylic acids is 1. The Balaban J connectivity index is 2.26. The molecule has 1 N–H and O–H groups in total. The van der Waals surface area contributed by atoms with Crippen LogP contribution < -0.4 is 4.74 Å². The van der Waals surface area contributed by atoms with Gasteiger partial charge in [0.15, 0.2) is 9.50 Å². The molecule has 0 aromatic carbocycles. The van der Waals surface area contributed by atoms with E-state index in [4.69, 9.17) is 9.84 Å². The Bertz CT molecular complexity index is 632. The van der Waals surface area contributed by atoms with Gasteiger partial charge in [-0.15, -0.1) is 0 Å². The lowest BCUT2D eigenvalue weighted by atomic mass is 10.4. The van der Waals surface area contributed by atoms with Gasteiger partial charge in [0.05, 0.1) is 17.3 Å². The fraction of sp³-hybridized carbons (Fsp3) is 0.200. The number of thiazole rings is 1. The number of aromatic nitrogens is 3. The van der Waals surface area contributed by atoms with Crippen molar-refractivity contribution in [2.45, 2.75) is 16.4 Å². The zero-order valence-electron chi connectivity index (χ0n) is 9.88. The van der Waals surface area contributed by atoms with Gasteiger partial charge in [0.2, 0.25) is 5.88 Å². The number of ether oxygens (including phenoxy) is 1. The highest BCUT2D eigenvalue weighted by atomic mass is 79.9. The minimum atomic E-state index is -0.976. The van der Waals surface area contributed by atoms with E-state index in [9.17, 15) is 4.79 Å². The van der Waals surface area contributed by atoms with Gasteiger partial charge in [-0.3, -0.25) is 0 Å². The predicted molar refractivity (Wildman–Crippen MR) is 74.2 cm³/mol. The van der Waals surface area contributed by atoms with E-state index in [2.05, 4.69) is 30.9 Å². The van der Waals surface area contributed by atoms with Gasteiger partial charge in [-0.05, 0) is 34.6 Å². The third kappa shape index (κ3) is 3.23. The maximum absolute atomic E-state index is 10.9. The molecule has 100 valence electrons. The normalized spacial score (nSPS) is 10.5. The quantitative estimate of drug-likeness (QED) is 0.837. The first kappa shape index (κ1) is 14.2. The SMILES string of the molecule is COc1nc(Sc2nc(C)c(C(=O)O)s2)ncc1Br. The third-order valence-electron chi connectivity index (χ3n) is 2.03. The topological polar surface area (TPSA) is 85.2 Å². The largest absolute Gasteiger partial charge is 0.480 e. The number of carbonyl (C=O) groups is 1. The number of halogens is 1. The van der Waals surface area contributed by atoms with Crippen LogP contribution in [0.15, 0.2) is 20.2 Å². The van der Waals surface area contributed by atoms with Gasteiger partial charge in [-0.2, -0.15) is 4.98 Å². The van der Waals surface area contributed by atoms with E-state index < -0.39 is 5.97 Å². The second kappa shape index (κ2) is 5.85. The van der Waals surface area contributed by atoms with Crippen LogP contribution in [-0.4, -0.2) is 33.1 Å². The molecule has 0 aliphatic heterocycles. The van der Waals surface area contributed by atoms with Gasteiger partial charge in [0.1, 0.15) is 4.88 Å². The predicted octanol–water partition coefficient (Wildman–Crippen LogP) is 2.86. The van der Waals surface area contributed by atoms with E-state index in [1.807, 2.05) is 0 Å². The standard InChI is InChI=1S/C10H8BrN3O3S2/c1-4-6(8(15)16)18-10(13-4)19-9-12-3-5(11)7(14-9)17-2/h3H,1-2H3,(H,15,16). The molecule has 2 heterocycles. The molecule has 6 nitrogen and oxygen atoms in total. The summed E-state index contributed by atoms with van der Waals surface area (Å²) < 4.78 is 6.30. The smallest absolute Gasteiger partial charge is 0.347 e. The summed E-state index contributed by atoms with van der Waals surface area (Å²) in [5.41, 5.74) is 0.490. The van der Waals surface area contributed by atoms with Crippen LogP contribution in [0, 0.1) is 6.92 Å².